The van der Waals surface area contributed by atoms with Crippen molar-refractivity contribution in [1.29, 1.82) is 0 Å². The largest absolute Gasteiger partial charge is 0.477 e. The first-order valence-electron chi connectivity index (χ1n) is 17.5. The molecule has 1 aromatic carbocycles. The quantitative estimate of drug-likeness (QED) is 0.239. The Hall–Kier alpha value is -3.09. The molecule has 256 valence electrons. The molecule has 0 aliphatic carbocycles. The number of aliphatic carboxylic acids is 1. The van der Waals surface area contributed by atoms with E-state index >= 15 is 0 Å². The fourth-order valence-electron chi connectivity index (χ4n) is 8.36. The molecule has 3 fully saturated rings. The van der Waals surface area contributed by atoms with E-state index in [1.54, 1.807) is 12.4 Å². The van der Waals surface area contributed by atoms with Crippen LogP contribution in [0.25, 0.3) is 0 Å². The summed E-state index contributed by atoms with van der Waals surface area (Å²) in [6.07, 6.45) is 10.2. The predicted octanol–water partition coefficient (Wildman–Crippen LogP) is 3.97. The summed E-state index contributed by atoms with van der Waals surface area (Å²) in [4.78, 5) is 35.8. The van der Waals surface area contributed by atoms with Gasteiger partial charge in [-0.05, 0) is 36.9 Å². The zero-order chi connectivity index (χ0) is 32.9. The highest BCUT2D eigenvalue weighted by molar-refractivity contribution is 5.72. The van der Waals surface area contributed by atoms with E-state index in [9.17, 15) is 9.90 Å². The van der Waals surface area contributed by atoms with Crippen LogP contribution in [0.15, 0.2) is 49.1 Å². The minimum Gasteiger partial charge on any atom is -0.477 e. The highest BCUT2D eigenvalue weighted by Crippen LogP contribution is 2.48. The zero-order valence-electron chi connectivity index (χ0n) is 28.7. The number of H-pyrrole nitrogens is 2. The molecule has 0 radical (unpaired) electrons. The van der Waals surface area contributed by atoms with Crippen molar-refractivity contribution in [3.63, 3.8) is 0 Å². The van der Waals surface area contributed by atoms with Crippen molar-refractivity contribution in [3.05, 3.63) is 71.8 Å². The van der Waals surface area contributed by atoms with Gasteiger partial charge in [-0.2, -0.15) is 0 Å². The fourth-order valence-corrected chi connectivity index (χ4v) is 8.36. The van der Waals surface area contributed by atoms with Gasteiger partial charge in [0.1, 0.15) is 18.2 Å². The average molecular weight is 648 g/mol. The standard InChI is InChI=1S/C36H54N8O3/c1-35(2,3)27-42-14-8-36(9-15-42)22-31(34(45)46)44(28-36,19-16-41-17-20-47-21-18-41)26-30-6-4-29(5-7-30)23-43(24-32-37-10-11-38-32)25-33-39-12-13-40-33/h4-7,10-13,31H,8-9,14-28H2,1-3H3,(H2-,37,38,39,40,45,46)/p+1/t31-,44?/m0/s1. The molecule has 2 atom stereocenters. The van der Waals surface area contributed by atoms with Crippen LogP contribution in [-0.4, -0.2) is 122 Å². The minimum absolute atomic E-state index is 0.0839. The summed E-state index contributed by atoms with van der Waals surface area (Å²) in [5, 5.41) is 10.8. The summed E-state index contributed by atoms with van der Waals surface area (Å²) in [7, 11) is 0. The lowest BCUT2D eigenvalue weighted by Gasteiger charge is -2.43. The number of piperidine rings is 1. The number of hydrogen-bond donors (Lipinski definition) is 3. The molecule has 3 N–H and O–H groups in total. The third kappa shape index (κ3) is 8.88. The molecule has 11 heteroatoms. The molecular formula is C36H55N8O3+. The summed E-state index contributed by atoms with van der Waals surface area (Å²) in [5.41, 5.74) is 2.78. The molecule has 1 spiro atoms. The summed E-state index contributed by atoms with van der Waals surface area (Å²) in [5.74, 6) is 1.21. The number of nitrogens with zero attached hydrogens (tertiary/aromatic N) is 6. The van der Waals surface area contributed by atoms with E-state index < -0.39 is 5.97 Å². The van der Waals surface area contributed by atoms with E-state index in [-0.39, 0.29) is 16.9 Å². The molecule has 3 aliphatic rings. The van der Waals surface area contributed by atoms with Crippen LogP contribution in [0.1, 0.15) is 62.8 Å². The fraction of sp³-hybridized carbons (Fsp3) is 0.639. The lowest BCUT2D eigenvalue weighted by Crippen LogP contribution is -2.58. The van der Waals surface area contributed by atoms with Crippen LogP contribution in [0.2, 0.25) is 0 Å². The summed E-state index contributed by atoms with van der Waals surface area (Å²) in [6.45, 7) is 19.1. The van der Waals surface area contributed by atoms with Gasteiger partial charge in [-0.1, -0.05) is 45.0 Å². The van der Waals surface area contributed by atoms with Crippen LogP contribution in [0.4, 0.5) is 0 Å². The Kier molecular flexibility index (Phi) is 10.5. The molecule has 11 nitrogen and oxygen atoms in total. The van der Waals surface area contributed by atoms with Gasteiger partial charge in [-0.3, -0.25) is 9.80 Å². The second-order valence-electron chi connectivity index (χ2n) is 15.6. The average Bonchev–Trinajstić information content (AvgIpc) is 3.81. The van der Waals surface area contributed by atoms with Crippen molar-refractivity contribution in [2.75, 3.05) is 65.6 Å². The number of quaternary nitrogens is 1. The van der Waals surface area contributed by atoms with Crippen LogP contribution in [0.5, 0.6) is 0 Å². The monoisotopic (exact) mass is 647 g/mol. The van der Waals surface area contributed by atoms with Crippen molar-refractivity contribution in [2.45, 2.75) is 72.3 Å². The third-order valence-corrected chi connectivity index (χ3v) is 10.6. The number of ether oxygens (including phenoxy) is 1. The number of carboxylic acids is 1. The molecule has 1 unspecified atom stereocenters. The van der Waals surface area contributed by atoms with Gasteiger partial charge in [0, 0.05) is 74.9 Å². The Labute approximate surface area is 279 Å². The Morgan fingerprint density at radius 2 is 1.57 bits per heavy atom. The van der Waals surface area contributed by atoms with Crippen LogP contribution in [0, 0.1) is 10.8 Å². The maximum atomic E-state index is 13.1. The van der Waals surface area contributed by atoms with E-state index in [1.165, 1.54) is 11.1 Å². The first kappa shape index (κ1) is 33.8. The number of rotatable bonds is 13. The third-order valence-electron chi connectivity index (χ3n) is 10.6. The van der Waals surface area contributed by atoms with Crippen LogP contribution in [-0.2, 0) is 35.7 Å². The van der Waals surface area contributed by atoms with Gasteiger partial charge in [0.25, 0.3) is 0 Å². The van der Waals surface area contributed by atoms with E-state index in [2.05, 4.69) is 79.7 Å². The number of morpholine rings is 1. The second-order valence-corrected chi connectivity index (χ2v) is 15.6. The molecule has 5 heterocycles. The van der Waals surface area contributed by atoms with Gasteiger partial charge in [0.15, 0.2) is 6.04 Å². The number of carbonyl (C=O) groups is 1. The molecule has 0 amide bonds. The van der Waals surface area contributed by atoms with E-state index in [4.69, 9.17) is 4.74 Å². The number of carboxylic acid groups (broad SMARTS) is 1. The Morgan fingerprint density at radius 1 is 0.957 bits per heavy atom. The Balaban J connectivity index is 1.19. The molecule has 6 rings (SSSR count). The van der Waals surface area contributed by atoms with Gasteiger partial charge in [-0.25, -0.2) is 14.8 Å². The smallest absolute Gasteiger partial charge is 0.362 e. The highest BCUT2D eigenvalue weighted by Gasteiger charge is 2.58. The maximum absolute atomic E-state index is 13.1. The summed E-state index contributed by atoms with van der Waals surface area (Å²) in [6, 6.07) is 8.52. The predicted molar refractivity (Wildman–Crippen MR) is 181 cm³/mol. The van der Waals surface area contributed by atoms with Crippen molar-refractivity contribution in [2.24, 2.45) is 10.8 Å². The van der Waals surface area contributed by atoms with Crippen molar-refractivity contribution >= 4 is 5.97 Å². The lowest BCUT2D eigenvalue weighted by atomic mass is 9.76. The van der Waals surface area contributed by atoms with Crippen LogP contribution in [0.3, 0.4) is 0 Å². The van der Waals surface area contributed by atoms with Crippen molar-refractivity contribution in [1.82, 2.24) is 34.6 Å². The molecule has 3 aromatic rings. The summed E-state index contributed by atoms with van der Waals surface area (Å²) >= 11 is 0. The highest BCUT2D eigenvalue weighted by atomic mass is 16.5. The van der Waals surface area contributed by atoms with Gasteiger partial charge < -0.3 is 29.2 Å². The topological polar surface area (TPSA) is 114 Å². The number of imidazole rings is 2. The van der Waals surface area contributed by atoms with Crippen LogP contribution >= 0.6 is 0 Å². The number of hydrogen-bond acceptors (Lipinski definition) is 7. The van der Waals surface area contributed by atoms with E-state index in [0.29, 0.717) is 17.6 Å². The van der Waals surface area contributed by atoms with Gasteiger partial charge >= 0.3 is 5.97 Å². The normalized spacial score (nSPS) is 24.0. The van der Waals surface area contributed by atoms with Crippen LogP contribution < -0.4 is 0 Å². The molecular weight excluding hydrogens is 592 g/mol. The molecule has 3 aliphatic heterocycles. The number of likely N-dealkylation sites (tertiary alicyclic amines) is 2. The maximum Gasteiger partial charge on any atom is 0.362 e. The van der Waals surface area contributed by atoms with E-state index in [0.717, 1.165) is 110 Å². The lowest BCUT2D eigenvalue weighted by molar-refractivity contribution is -0.946. The zero-order valence-corrected chi connectivity index (χ0v) is 28.7. The van der Waals surface area contributed by atoms with Gasteiger partial charge in [-0.15, -0.1) is 0 Å². The number of benzene rings is 1. The molecule has 0 saturated carbocycles. The van der Waals surface area contributed by atoms with Gasteiger partial charge in [0.2, 0.25) is 0 Å². The molecule has 47 heavy (non-hydrogen) atoms. The second kappa shape index (κ2) is 14.6. The first-order chi connectivity index (χ1) is 22.6. The van der Waals surface area contributed by atoms with Crippen molar-refractivity contribution < 1.29 is 19.1 Å². The van der Waals surface area contributed by atoms with Gasteiger partial charge in [0.05, 0.1) is 39.4 Å². The number of aromatic nitrogens is 4. The van der Waals surface area contributed by atoms with E-state index in [1.807, 2.05) is 12.4 Å². The first-order valence-corrected chi connectivity index (χ1v) is 17.5. The number of nitrogens with one attached hydrogen (secondary N) is 2. The Morgan fingerprint density at radius 3 is 2.13 bits per heavy atom. The molecule has 3 saturated heterocycles. The SMILES string of the molecule is CC(C)(C)CN1CCC2(CC1)C[C@@H](C(=O)O)[N+](CCN1CCOCC1)(Cc1ccc(CN(Cc3ncc[nH]3)Cc3ncc[nH]3)cc1)C2. The molecule has 0 bridgehead atoms. The Bertz CT molecular complexity index is 1350. The molecule has 2 aromatic heterocycles. The summed E-state index contributed by atoms with van der Waals surface area (Å²) < 4.78 is 6.26. The minimum atomic E-state index is -0.635. The van der Waals surface area contributed by atoms with Crippen molar-refractivity contribution in [3.8, 4) is 0 Å². The number of aromatic amines is 2.